The number of piperazine rings is 1. The topological polar surface area (TPSA) is 65.9 Å². The van der Waals surface area contributed by atoms with Crippen molar-refractivity contribution in [3.8, 4) is 5.75 Å². The molecule has 0 spiro atoms. The first-order valence-corrected chi connectivity index (χ1v) is 11.0. The molecule has 6 nitrogen and oxygen atoms in total. The fourth-order valence-corrected chi connectivity index (χ4v) is 4.08. The number of aromatic nitrogens is 1. The number of pyridine rings is 1. The summed E-state index contributed by atoms with van der Waals surface area (Å²) in [7, 11) is 1.63. The van der Waals surface area contributed by atoms with Crippen molar-refractivity contribution in [2.75, 3.05) is 39.8 Å². The van der Waals surface area contributed by atoms with E-state index in [9.17, 15) is 9.90 Å². The summed E-state index contributed by atoms with van der Waals surface area (Å²) in [6.07, 6.45) is 5.41. The van der Waals surface area contributed by atoms with E-state index in [0.717, 1.165) is 40.9 Å². The van der Waals surface area contributed by atoms with Gasteiger partial charge >= 0.3 is 0 Å². The third-order valence-electron chi connectivity index (χ3n) is 5.90. The van der Waals surface area contributed by atoms with Crippen LogP contribution in [0.3, 0.4) is 0 Å². The number of hydrogen-bond acceptors (Lipinski definition) is 5. The molecule has 0 bridgehead atoms. The number of fused-ring (bicyclic) bond motifs is 1. The number of amides is 1. The molecule has 0 saturated carbocycles. The van der Waals surface area contributed by atoms with E-state index in [1.807, 2.05) is 71.6 Å². The zero-order valence-electron chi connectivity index (χ0n) is 18.4. The van der Waals surface area contributed by atoms with Crippen LogP contribution in [0.4, 0.5) is 0 Å². The minimum atomic E-state index is -0.635. The summed E-state index contributed by atoms with van der Waals surface area (Å²) in [5, 5.41) is 11.8. The van der Waals surface area contributed by atoms with E-state index in [0.29, 0.717) is 26.1 Å². The van der Waals surface area contributed by atoms with E-state index < -0.39 is 6.10 Å². The minimum Gasteiger partial charge on any atom is -0.497 e. The van der Waals surface area contributed by atoms with Gasteiger partial charge < -0.3 is 14.7 Å². The molecule has 1 atom stereocenters. The Morgan fingerprint density at radius 1 is 1.12 bits per heavy atom. The number of aliphatic hydroxyl groups excluding tert-OH is 1. The first kappa shape index (κ1) is 22.0. The van der Waals surface area contributed by atoms with Crippen LogP contribution < -0.4 is 4.74 Å². The van der Waals surface area contributed by atoms with Crippen LogP contribution in [0.25, 0.3) is 17.0 Å². The lowest BCUT2D eigenvalue weighted by Gasteiger charge is -2.35. The van der Waals surface area contributed by atoms with E-state index in [-0.39, 0.29) is 5.91 Å². The second-order valence-corrected chi connectivity index (χ2v) is 8.00. The number of β-amino-alcohol motifs (C(OH)–C–C–N with tert-alkyl or cyclic N) is 1. The maximum absolute atomic E-state index is 12.5. The van der Waals surface area contributed by atoms with Crippen molar-refractivity contribution in [1.29, 1.82) is 0 Å². The summed E-state index contributed by atoms with van der Waals surface area (Å²) in [5.41, 5.74) is 2.78. The molecular weight excluding hydrogens is 402 g/mol. The highest BCUT2D eigenvalue weighted by atomic mass is 16.5. The second-order valence-electron chi connectivity index (χ2n) is 8.00. The molecule has 0 radical (unpaired) electrons. The largest absolute Gasteiger partial charge is 0.497 e. The molecule has 1 saturated heterocycles. The van der Waals surface area contributed by atoms with Crippen LogP contribution in [0, 0.1) is 0 Å². The molecule has 2 aromatic carbocycles. The standard InChI is InChI=1S/C26H29N3O3/c1-32-21-10-11-24-23(18-21)22(12-13-27-24)25(30)19-28-14-16-29(17-15-28)26(31)9-5-8-20-6-3-2-4-7-20/h2-8,10-13,18,25,30H,9,14-17,19H2,1H3/t25-/m0/s1. The molecule has 0 aliphatic carbocycles. The molecule has 2 heterocycles. The number of carbonyl (C=O) groups is 1. The van der Waals surface area contributed by atoms with E-state index in [1.165, 1.54) is 0 Å². The summed E-state index contributed by atoms with van der Waals surface area (Å²) in [6, 6.07) is 17.6. The Hall–Kier alpha value is -3.22. The third kappa shape index (κ3) is 5.33. The predicted octanol–water partition coefficient (Wildman–Crippen LogP) is 3.52. The van der Waals surface area contributed by atoms with Gasteiger partial charge in [-0.05, 0) is 35.4 Å². The van der Waals surface area contributed by atoms with Crippen LogP contribution in [-0.4, -0.2) is 65.6 Å². The van der Waals surface area contributed by atoms with E-state index in [1.54, 1.807) is 13.3 Å². The highest BCUT2D eigenvalue weighted by molar-refractivity contribution is 5.84. The fourth-order valence-electron chi connectivity index (χ4n) is 4.08. The molecular formula is C26H29N3O3. The SMILES string of the molecule is COc1ccc2nccc([C@@H](O)CN3CCN(C(=O)CC=Cc4ccccc4)CC3)c2c1. The molecule has 32 heavy (non-hydrogen) atoms. The van der Waals surface area contributed by atoms with Gasteiger partial charge in [-0.2, -0.15) is 0 Å². The highest BCUT2D eigenvalue weighted by Crippen LogP contribution is 2.27. The summed E-state index contributed by atoms with van der Waals surface area (Å²) in [5.74, 6) is 0.886. The molecule has 0 unspecified atom stereocenters. The molecule has 166 valence electrons. The summed E-state index contributed by atoms with van der Waals surface area (Å²) < 4.78 is 5.33. The van der Waals surface area contributed by atoms with E-state index in [2.05, 4.69) is 9.88 Å². The molecule has 3 aromatic rings. The lowest BCUT2D eigenvalue weighted by Crippen LogP contribution is -2.49. The summed E-state index contributed by atoms with van der Waals surface area (Å²) in [4.78, 5) is 21.0. The van der Waals surface area contributed by atoms with Gasteiger partial charge in [-0.1, -0.05) is 42.5 Å². The third-order valence-corrected chi connectivity index (χ3v) is 5.90. The molecule has 1 amide bonds. The predicted molar refractivity (Wildman–Crippen MR) is 126 cm³/mol. The first-order chi connectivity index (χ1) is 15.6. The van der Waals surface area contributed by atoms with Crippen molar-refractivity contribution in [2.45, 2.75) is 12.5 Å². The Bertz CT molecular complexity index is 1080. The second kappa shape index (κ2) is 10.4. The Kier molecular flexibility index (Phi) is 7.14. The smallest absolute Gasteiger partial charge is 0.226 e. The van der Waals surface area contributed by atoms with Crippen LogP contribution in [0.15, 0.2) is 66.9 Å². The Labute approximate surface area is 188 Å². The van der Waals surface area contributed by atoms with Crippen LogP contribution >= 0.6 is 0 Å². The molecule has 1 aliphatic heterocycles. The van der Waals surface area contributed by atoms with Crippen molar-refractivity contribution in [1.82, 2.24) is 14.8 Å². The maximum Gasteiger partial charge on any atom is 0.226 e. The number of aliphatic hydroxyl groups is 1. The van der Waals surface area contributed by atoms with Gasteiger partial charge in [0, 0.05) is 50.7 Å². The van der Waals surface area contributed by atoms with Crippen LogP contribution in [0.1, 0.15) is 23.7 Å². The molecule has 1 N–H and O–H groups in total. The lowest BCUT2D eigenvalue weighted by atomic mass is 10.0. The number of methoxy groups -OCH3 is 1. The van der Waals surface area contributed by atoms with Gasteiger partial charge in [0.1, 0.15) is 5.75 Å². The average Bonchev–Trinajstić information content (AvgIpc) is 2.84. The summed E-state index contributed by atoms with van der Waals surface area (Å²) >= 11 is 0. The number of hydrogen-bond donors (Lipinski definition) is 1. The highest BCUT2D eigenvalue weighted by Gasteiger charge is 2.23. The Morgan fingerprint density at radius 2 is 1.91 bits per heavy atom. The maximum atomic E-state index is 12.5. The first-order valence-electron chi connectivity index (χ1n) is 11.0. The zero-order chi connectivity index (χ0) is 22.3. The molecule has 1 aliphatic rings. The molecule has 4 rings (SSSR count). The van der Waals surface area contributed by atoms with Crippen molar-refractivity contribution >= 4 is 22.9 Å². The monoisotopic (exact) mass is 431 g/mol. The Balaban J connectivity index is 1.31. The van der Waals surface area contributed by atoms with Gasteiger partial charge in [0.2, 0.25) is 5.91 Å². The van der Waals surface area contributed by atoms with Gasteiger partial charge in [0.25, 0.3) is 0 Å². The molecule has 1 fully saturated rings. The van der Waals surface area contributed by atoms with Crippen molar-refractivity contribution in [3.63, 3.8) is 0 Å². The van der Waals surface area contributed by atoms with Crippen LogP contribution in [0.5, 0.6) is 5.75 Å². The van der Waals surface area contributed by atoms with Crippen molar-refractivity contribution in [2.24, 2.45) is 0 Å². The zero-order valence-corrected chi connectivity index (χ0v) is 18.4. The van der Waals surface area contributed by atoms with E-state index in [4.69, 9.17) is 4.74 Å². The number of rotatable bonds is 7. The summed E-state index contributed by atoms with van der Waals surface area (Å²) in [6.45, 7) is 3.37. The number of nitrogens with zero attached hydrogens (tertiary/aromatic N) is 3. The van der Waals surface area contributed by atoms with Gasteiger partial charge in [-0.3, -0.25) is 14.7 Å². The molecule has 1 aromatic heterocycles. The van der Waals surface area contributed by atoms with Crippen LogP contribution in [-0.2, 0) is 4.79 Å². The van der Waals surface area contributed by atoms with Gasteiger partial charge in [-0.15, -0.1) is 0 Å². The minimum absolute atomic E-state index is 0.143. The number of carbonyl (C=O) groups excluding carboxylic acids is 1. The van der Waals surface area contributed by atoms with Crippen molar-refractivity contribution < 1.29 is 14.6 Å². The van der Waals surface area contributed by atoms with E-state index >= 15 is 0 Å². The lowest BCUT2D eigenvalue weighted by molar-refractivity contribution is -0.132. The van der Waals surface area contributed by atoms with Gasteiger partial charge in [0.15, 0.2) is 0 Å². The normalized spacial score (nSPS) is 15.9. The Morgan fingerprint density at radius 3 is 2.66 bits per heavy atom. The average molecular weight is 432 g/mol. The number of ether oxygens (including phenoxy) is 1. The quantitative estimate of drug-likeness (QED) is 0.620. The van der Waals surface area contributed by atoms with Gasteiger partial charge in [-0.25, -0.2) is 0 Å². The number of benzene rings is 2. The van der Waals surface area contributed by atoms with Gasteiger partial charge in [0.05, 0.1) is 18.7 Å². The van der Waals surface area contributed by atoms with Crippen molar-refractivity contribution in [3.05, 3.63) is 78.0 Å². The fraction of sp³-hybridized carbons (Fsp3) is 0.308. The van der Waals surface area contributed by atoms with Crippen LogP contribution in [0.2, 0.25) is 0 Å². The molecule has 6 heteroatoms.